The fourth-order valence-corrected chi connectivity index (χ4v) is 3.99. The number of hydrogen-bond donors (Lipinski definition) is 1. The molecule has 0 radical (unpaired) electrons. The Bertz CT molecular complexity index is 505. The third-order valence-corrected chi connectivity index (χ3v) is 5.47. The first-order chi connectivity index (χ1) is 9.90. The van der Waals surface area contributed by atoms with Crippen LogP contribution in [0.25, 0.3) is 0 Å². The van der Waals surface area contributed by atoms with Crippen LogP contribution in [0.1, 0.15) is 64.0 Å². The Kier molecular flexibility index (Phi) is 3.77. The summed E-state index contributed by atoms with van der Waals surface area (Å²) >= 11 is 0. The molecule has 116 valence electrons. The molecule has 1 heterocycles. The van der Waals surface area contributed by atoms with Gasteiger partial charge in [0.05, 0.1) is 12.2 Å². The van der Waals surface area contributed by atoms with E-state index in [1.807, 2.05) is 0 Å². The molecule has 1 aliphatic heterocycles. The predicted molar refractivity (Wildman–Crippen MR) is 85.6 cm³/mol. The van der Waals surface area contributed by atoms with Crippen molar-refractivity contribution in [2.24, 2.45) is 11.3 Å². The van der Waals surface area contributed by atoms with Crippen molar-refractivity contribution >= 4 is 0 Å². The van der Waals surface area contributed by atoms with Crippen LogP contribution in [-0.4, -0.2) is 11.7 Å². The van der Waals surface area contributed by atoms with E-state index in [1.165, 1.54) is 5.56 Å². The lowest BCUT2D eigenvalue weighted by Gasteiger charge is -2.42. The monoisotopic (exact) mass is 288 g/mol. The van der Waals surface area contributed by atoms with Crippen molar-refractivity contribution in [1.82, 2.24) is 0 Å². The van der Waals surface area contributed by atoms with Crippen LogP contribution in [0.4, 0.5) is 0 Å². The molecule has 3 rings (SSSR count). The lowest BCUT2D eigenvalue weighted by molar-refractivity contribution is -0.0318. The van der Waals surface area contributed by atoms with Crippen LogP contribution in [0, 0.1) is 11.3 Å². The SMILES string of the molecule is CC(C)(C)C1CCC(O)(c2cccc3c2OCCC3)CC1. The third-order valence-electron chi connectivity index (χ3n) is 5.47. The van der Waals surface area contributed by atoms with Crippen LogP contribution < -0.4 is 4.74 Å². The van der Waals surface area contributed by atoms with Crippen molar-refractivity contribution in [2.75, 3.05) is 6.61 Å². The fourth-order valence-electron chi connectivity index (χ4n) is 3.99. The highest BCUT2D eigenvalue weighted by atomic mass is 16.5. The Balaban J connectivity index is 1.85. The van der Waals surface area contributed by atoms with Gasteiger partial charge in [0, 0.05) is 5.56 Å². The molecule has 1 saturated carbocycles. The summed E-state index contributed by atoms with van der Waals surface area (Å²) in [7, 11) is 0. The number of aryl methyl sites for hydroxylation is 1. The Hall–Kier alpha value is -1.02. The summed E-state index contributed by atoms with van der Waals surface area (Å²) in [6.45, 7) is 7.73. The quantitative estimate of drug-likeness (QED) is 0.828. The summed E-state index contributed by atoms with van der Waals surface area (Å²) in [6, 6.07) is 6.29. The van der Waals surface area contributed by atoms with E-state index in [2.05, 4.69) is 39.0 Å². The van der Waals surface area contributed by atoms with Crippen molar-refractivity contribution in [1.29, 1.82) is 0 Å². The summed E-state index contributed by atoms with van der Waals surface area (Å²) in [6.07, 6.45) is 6.07. The summed E-state index contributed by atoms with van der Waals surface area (Å²) < 4.78 is 5.91. The van der Waals surface area contributed by atoms with Crippen LogP contribution in [0.3, 0.4) is 0 Å². The van der Waals surface area contributed by atoms with E-state index in [0.717, 1.165) is 56.4 Å². The number of aliphatic hydroxyl groups is 1. The molecule has 0 saturated heterocycles. The molecule has 2 aliphatic rings. The first-order valence-electron chi connectivity index (χ1n) is 8.38. The molecular weight excluding hydrogens is 260 g/mol. The number of rotatable bonds is 1. The predicted octanol–water partition coefficient (Wildman–Crippen LogP) is 4.44. The van der Waals surface area contributed by atoms with Gasteiger partial charge in [0.25, 0.3) is 0 Å². The molecule has 2 heteroatoms. The van der Waals surface area contributed by atoms with E-state index >= 15 is 0 Å². The lowest BCUT2D eigenvalue weighted by atomic mass is 9.66. The Morgan fingerprint density at radius 2 is 1.90 bits per heavy atom. The number of para-hydroxylation sites is 1. The third kappa shape index (κ3) is 2.83. The maximum Gasteiger partial charge on any atom is 0.128 e. The fraction of sp³-hybridized carbons (Fsp3) is 0.684. The minimum absolute atomic E-state index is 0.341. The van der Waals surface area contributed by atoms with Gasteiger partial charge in [0.15, 0.2) is 0 Å². The van der Waals surface area contributed by atoms with E-state index in [0.29, 0.717) is 11.3 Å². The zero-order valence-corrected chi connectivity index (χ0v) is 13.6. The number of hydrogen-bond acceptors (Lipinski definition) is 2. The Morgan fingerprint density at radius 1 is 1.19 bits per heavy atom. The van der Waals surface area contributed by atoms with Gasteiger partial charge in [-0.1, -0.05) is 39.0 Å². The zero-order chi connectivity index (χ0) is 15.1. The van der Waals surface area contributed by atoms with E-state index in [4.69, 9.17) is 4.74 Å². The highest BCUT2D eigenvalue weighted by Crippen LogP contribution is 2.48. The first-order valence-corrected chi connectivity index (χ1v) is 8.38. The first kappa shape index (κ1) is 14.9. The second-order valence-corrected chi connectivity index (χ2v) is 7.92. The molecule has 1 fully saturated rings. The van der Waals surface area contributed by atoms with Gasteiger partial charge in [-0.05, 0) is 55.4 Å². The highest BCUT2D eigenvalue weighted by Gasteiger charge is 2.40. The van der Waals surface area contributed by atoms with Gasteiger partial charge in [-0.25, -0.2) is 0 Å². The normalized spacial score (nSPS) is 29.6. The second-order valence-electron chi connectivity index (χ2n) is 7.92. The van der Waals surface area contributed by atoms with Gasteiger partial charge in [0.1, 0.15) is 5.75 Å². The van der Waals surface area contributed by atoms with Crippen molar-refractivity contribution in [3.63, 3.8) is 0 Å². The standard InChI is InChI=1S/C19H28O2/c1-18(2,3)15-9-11-19(20,12-10-15)16-8-4-6-14-7-5-13-21-17(14)16/h4,6,8,15,20H,5,7,9-13H2,1-3H3. The largest absolute Gasteiger partial charge is 0.493 e. The highest BCUT2D eigenvalue weighted by molar-refractivity contribution is 5.46. The van der Waals surface area contributed by atoms with Crippen molar-refractivity contribution < 1.29 is 9.84 Å². The molecule has 0 spiro atoms. The Labute approximate surface area is 128 Å². The molecule has 1 aromatic carbocycles. The van der Waals surface area contributed by atoms with Crippen molar-refractivity contribution in [3.8, 4) is 5.75 Å². The molecule has 0 bridgehead atoms. The van der Waals surface area contributed by atoms with Crippen molar-refractivity contribution in [2.45, 2.75) is 64.9 Å². The molecule has 0 atom stereocenters. The molecular formula is C19H28O2. The van der Waals surface area contributed by atoms with Gasteiger partial charge >= 0.3 is 0 Å². The van der Waals surface area contributed by atoms with Crippen LogP contribution >= 0.6 is 0 Å². The second kappa shape index (κ2) is 5.31. The minimum atomic E-state index is -0.690. The van der Waals surface area contributed by atoms with E-state index in [-0.39, 0.29) is 0 Å². The summed E-state index contributed by atoms with van der Waals surface area (Å²) in [5.74, 6) is 1.68. The average Bonchev–Trinajstić information content (AvgIpc) is 2.46. The van der Waals surface area contributed by atoms with Gasteiger partial charge < -0.3 is 9.84 Å². The molecule has 2 nitrogen and oxygen atoms in total. The van der Waals surface area contributed by atoms with Gasteiger partial charge in [-0.3, -0.25) is 0 Å². The van der Waals surface area contributed by atoms with Crippen LogP contribution in [0.2, 0.25) is 0 Å². The number of ether oxygens (including phenoxy) is 1. The van der Waals surface area contributed by atoms with Crippen LogP contribution in [0.15, 0.2) is 18.2 Å². The minimum Gasteiger partial charge on any atom is -0.493 e. The van der Waals surface area contributed by atoms with Gasteiger partial charge in [0.2, 0.25) is 0 Å². The smallest absolute Gasteiger partial charge is 0.128 e. The maximum absolute atomic E-state index is 11.2. The maximum atomic E-state index is 11.2. The molecule has 1 N–H and O–H groups in total. The van der Waals surface area contributed by atoms with Gasteiger partial charge in [-0.15, -0.1) is 0 Å². The average molecular weight is 288 g/mol. The summed E-state index contributed by atoms with van der Waals surface area (Å²) in [4.78, 5) is 0. The molecule has 1 aliphatic carbocycles. The summed E-state index contributed by atoms with van der Waals surface area (Å²) in [5, 5.41) is 11.2. The molecule has 0 unspecified atom stereocenters. The molecule has 1 aromatic rings. The van der Waals surface area contributed by atoms with E-state index < -0.39 is 5.60 Å². The molecule has 0 amide bonds. The van der Waals surface area contributed by atoms with Gasteiger partial charge in [-0.2, -0.15) is 0 Å². The van der Waals surface area contributed by atoms with E-state index in [1.54, 1.807) is 0 Å². The lowest BCUT2D eigenvalue weighted by Crippen LogP contribution is -2.36. The number of benzene rings is 1. The van der Waals surface area contributed by atoms with Crippen molar-refractivity contribution in [3.05, 3.63) is 29.3 Å². The Morgan fingerprint density at radius 3 is 2.57 bits per heavy atom. The molecule has 21 heavy (non-hydrogen) atoms. The molecule has 0 aromatic heterocycles. The van der Waals surface area contributed by atoms with Crippen LogP contribution in [-0.2, 0) is 12.0 Å². The zero-order valence-electron chi connectivity index (χ0n) is 13.6. The summed E-state index contributed by atoms with van der Waals surface area (Å²) in [5.41, 5.74) is 1.95. The topological polar surface area (TPSA) is 29.5 Å². The van der Waals surface area contributed by atoms with Crippen LogP contribution in [0.5, 0.6) is 5.75 Å². The number of fused-ring (bicyclic) bond motifs is 1. The van der Waals surface area contributed by atoms with E-state index in [9.17, 15) is 5.11 Å².